The lowest BCUT2D eigenvalue weighted by molar-refractivity contribution is -0.117. The van der Waals surface area contributed by atoms with Crippen LogP contribution in [0.4, 0.5) is 0 Å². The minimum Gasteiger partial charge on any atom is -0.462 e. The van der Waals surface area contributed by atoms with Gasteiger partial charge in [0.25, 0.3) is 0 Å². The first-order valence-electron chi connectivity index (χ1n) is 7.20. The van der Waals surface area contributed by atoms with Crippen molar-refractivity contribution in [3.05, 3.63) is 29.7 Å². The zero-order chi connectivity index (χ0) is 14.6. The topological polar surface area (TPSA) is 62.5 Å². The maximum atomic E-state index is 11.8. The van der Waals surface area contributed by atoms with E-state index in [4.69, 9.17) is 4.42 Å². The van der Waals surface area contributed by atoms with Gasteiger partial charge in [0, 0.05) is 18.0 Å². The number of aliphatic hydroxyl groups is 1. The lowest BCUT2D eigenvalue weighted by Crippen LogP contribution is -2.44. The molecule has 0 aromatic carbocycles. The highest BCUT2D eigenvalue weighted by Crippen LogP contribution is 2.35. The number of nitrogens with one attached hydrogen (secondary N) is 1. The zero-order valence-corrected chi connectivity index (χ0v) is 12.2. The van der Waals surface area contributed by atoms with E-state index in [0.29, 0.717) is 12.3 Å². The Labute approximate surface area is 119 Å². The van der Waals surface area contributed by atoms with Gasteiger partial charge in [0.1, 0.15) is 11.5 Å². The third-order valence-electron chi connectivity index (χ3n) is 4.11. The summed E-state index contributed by atoms with van der Waals surface area (Å²) in [5.41, 5.74) is -0.205. The number of rotatable bonds is 4. The van der Waals surface area contributed by atoms with E-state index in [1.807, 2.05) is 26.0 Å². The van der Waals surface area contributed by atoms with Crippen molar-refractivity contribution in [1.29, 1.82) is 0 Å². The molecule has 0 saturated heterocycles. The predicted octanol–water partition coefficient (Wildman–Crippen LogP) is 2.66. The van der Waals surface area contributed by atoms with Crippen LogP contribution in [0.2, 0.25) is 0 Å². The molecule has 1 aliphatic carbocycles. The van der Waals surface area contributed by atoms with E-state index in [2.05, 4.69) is 5.32 Å². The van der Waals surface area contributed by atoms with Gasteiger partial charge in [-0.05, 0) is 38.0 Å². The molecule has 1 fully saturated rings. The normalized spacial score (nSPS) is 26.9. The summed E-state index contributed by atoms with van der Waals surface area (Å²) in [6.45, 7) is 4.41. The van der Waals surface area contributed by atoms with Crippen molar-refractivity contribution < 1.29 is 14.3 Å². The van der Waals surface area contributed by atoms with Gasteiger partial charge in [-0.15, -0.1) is 0 Å². The number of carbonyl (C=O) groups is 1. The Hall–Kier alpha value is -1.55. The monoisotopic (exact) mass is 277 g/mol. The molecule has 1 aliphatic rings. The second kappa shape index (κ2) is 6.27. The number of furan rings is 1. The summed E-state index contributed by atoms with van der Waals surface area (Å²) < 4.78 is 5.36. The number of amides is 1. The van der Waals surface area contributed by atoms with Gasteiger partial charge in [0.2, 0.25) is 5.91 Å². The fourth-order valence-electron chi connectivity index (χ4n) is 2.64. The van der Waals surface area contributed by atoms with Crippen molar-refractivity contribution in [3.8, 4) is 0 Å². The van der Waals surface area contributed by atoms with Gasteiger partial charge in [-0.2, -0.15) is 0 Å². The van der Waals surface area contributed by atoms with Gasteiger partial charge >= 0.3 is 0 Å². The minimum absolute atomic E-state index is 0.155. The molecule has 0 radical (unpaired) electrons. The van der Waals surface area contributed by atoms with E-state index in [0.717, 1.165) is 31.4 Å². The molecule has 1 heterocycles. The van der Waals surface area contributed by atoms with Crippen LogP contribution in [0.1, 0.15) is 44.1 Å². The van der Waals surface area contributed by atoms with Crippen LogP contribution in [0.15, 0.2) is 22.6 Å². The molecule has 0 bridgehead atoms. The van der Waals surface area contributed by atoms with Crippen molar-refractivity contribution >= 4 is 12.0 Å². The molecule has 0 spiro atoms. The molecule has 2 atom stereocenters. The van der Waals surface area contributed by atoms with Gasteiger partial charge in [0.15, 0.2) is 0 Å². The molecule has 2 rings (SSSR count). The third-order valence-corrected chi connectivity index (χ3v) is 4.11. The first-order chi connectivity index (χ1) is 9.49. The van der Waals surface area contributed by atoms with Crippen molar-refractivity contribution in [1.82, 2.24) is 5.32 Å². The van der Waals surface area contributed by atoms with Crippen LogP contribution in [0.3, 0.4) is 0 Å². The highest BCUT2D eigenvalue weighted by atomic mass is 16.3. The van der Waals surface area contributed by atoms with Crippen LogP contribution in [-0.4, -0.2) is 23.7 Å². The fourth-order valence-corrected chi connectivity index (χ4v) is 2.64. The van der Waals surface area contributed by atoms with Gasteiger partial charge in [0.05, 0.1) is 6.10 Å². The first-order valence-corrected chi connectivity index (χ1v) is 7.20. The summed E-state index contributed by atoms with van der Waals surface area (Å²) in [4.78, 5) is 11.8. The Morgan fingerprint density at radius 1 is 1.55 bits per heavy atom. The smallest absolute Gasteiger partial charge is 0.244 e. The molecule has 110 valence electrons. The molecule has 4 heteroatoms. The highest BCUT2D eigenvalue weighted by Gasteiger charge is 2.35. The summed E-state index contributed by atoms with van der Waals surface area (Å²) in [7, 11) is 0. The Kier molecular flexibility index (Phi) is 4.65. The molecular weight excluding hydrogens is 254 g/mol. The maximum Gasteiger partial charge on any atom is 0.244 e. The fraction of sp³-hybridized carbons (Fsp3) is 0.562. The van der Waals surface area contributed by atoms with Crippen LogP contribution in [0.25, 0.3) is 6.08 Å². The molecular formula is C16H23NO3. The summed E-state index contributed by atoms with van der Waals surface area (Å²) in [6, 6.07) is 3.68. The Morgan fingerprint density at radius 2 is 2.35 bits per heavy atom. The number of hydrogen-bond donors (Lipinski definition) is 2. The average Bonchev–Trinajstić information content (AvgIpc) is 2.84. The summed E-state index contributed by atoms with van der Waals surface area (Å²) >= 11 is 0. The SMILES string of the molecule is Cc1ccc(C=CC(=O)NCC2(C)CCCCC2O)o1. The molecule has 2 N–H and O–H groups in total. The molecule has 1 aromatic rings. The van der Waals surface area contributed by atoms with E-state index in [1.54, 1.807) is 6.08 Å². The van der Waals surface area contributed by atoms with E-state index in [9.17, 15) is 9.90 Å². The van der Waals surface area contributed by atoms with Crippen LogP contribution in [-0.2, 0) is 4.79 Å². The predicted molar refractivity (Wildman–Crippen MR) is 78.1 cm³/mol. The van der Waals surface area contributed by atoms with Crippen LogP contribution in [0, 0.1) is 12.3 Å². The minimum atomic E-state index is -0.326. The molecule has 4 nitrogen and oxygen atoms in total. The van der Waals surface area contributed by atoms with Crippen LogP contribution in [0.5, 0.6) is 0 Å². The lowest BCUT2D eigenvalue weighted by Gasteiger charge is -2.38. The number of aliphatic hydroxyl groups excluding tert-OH is 1. The number of carbonyl (C=O) groups excluding carboxylic acids is 1. The van der Waals surface area contributed by atoms with Gasteiger partial charge in [-0.3, -0.25) is 4.79 Å². The molecule has 0 aliphatic heterocycles. The largest absolute Gasteiger partial charge is 0.462 e. The summed E-state index contributed by atoms with van der Waals surface area (Å²) in [6.07, 6.45) is 6.77. The second-order valence-corrected chi connectivity index (χ2v) is 5.92. The van der Waals surface area contributed by atoms with E-state index >= 15 is 0 Å². The van der Waals surface area contributed by atoms with E-state index < -0.39 is 0 Å². The van der Waals surface area contributed by atoms with Crippen molar-refractivity contribution in [2.24, 2.45) is 5.41 Å². The maximum absolute atomic E-state index is 11.8. The van der Waals surface area contributed by atoms with E-state index in [-0.39, 0.29) is 17.4 Å². The van der Waals surface area contributed by atoms with Crippen molar-refractivity contribution in [2.75, 3.05) is 6.54 Å². The molecule has 1 aromatic heterocycles. The number of aryl methyl sites for hydroxylation is 1. The second-order valence-electron chi connectivity index (χ2n) is 5.92. The number of hydrogen-bond acceptors (Lipinski definition) is 3. The first kappa shape index (κ1) is 14.9. The van der Waals surface area contributed by atoms with Gasteiger partial charge < -0.3 is 14.8 Å². The average molecular weight is 277 g/mol. The summed E-state index contributed by atoms with van der Waals surface area (Å²) in [5, 5.41) is 12.9. The van der Waals surface area contributed by atoms with Crippen molar-refractivity contribution in [3.63, 3.8) is 0 Å². The highest BCUT2D eigenvalue weighted by molar-refractivity contribution is 5.91. The van der Waals surface area contributed by atoms with Crippen molar-refractivity contribution in [2.45, 2.75) is 45.6 Å². The molecule has 1 amide bonds. The van der Waals surface area contributed by atoms with Crippen LogP contribution >= 0.6 is 0 Å². The summed E-state index contributed by atoms with van der Waals surface area (Å²) in [5.74, 6) is 1.34. The Balaban J connectivity index is 1.84. The van der Waals surface area contributed by atoms with E-state index in [1.165, 1.54) is 6.08 Å². The van der Waals surface area contributed by atoms with Gasteiger partial charge in [-0.1, -0.05) is 19.8 Å². The Bertz CT molecular complexity index is 492. The van der Waals surface area contributed by atoms with Gasteiger partial charge in [-0.25, -0.2) is 0 Å². The molecule has 2 unspecified atom stereocenters. The third kappa shape index (κ3) is 3.73. The standard InChI is InChI=1S/C16H23NO3/c1-12-6-7-13(20-12)8-9-15(19)17-11-16(2)10-4-3-5-14(16)18/h6-9,14,18H,3-5,10-11H2,1-2H3,(H,17,19). The van der Waals surface area contributed by atoms with Crippen LogP contribution < -0.4 is 5.32 Å². The molecule has 20 heavy (non-hydrogen) atoms. The zero-order valence-electron chi connectivity index (χ0n) is 12.2. The lowest BCUT2D eigenvalue weighted by atomic mass is 9.73. The Morgan fingerprint density at radius 3 is 3.00 bits per heavy atom. The molecule has 1 saturated carbocycles. The quantitative estimate of drug-likeness (QED) is 0.832.